The van der Waals surface area contributed by atoms with Crippen LogP contribution in [0.2, 0.25) is 0 Å². The van der Waals surface area contributed by atoms with Crippen molar-refractivity contribution in [1.29, 1.82) is 0 Å². The van der Waals surface area contributed by atoms with Gasteiger partial charge >= 0.3 is 5.97 Å². The predicted octanol–water partition coefficient (Wildman–Crippen LogP) is 1.11. The highest BCUT2D eigenvalue weighted by Gasteiger charge is 2.39. The van der Waals surface area contributed by atoms with Gasteiger partial charge in [-0.2, -0.15) is 0 Å². The molecular formula is C13H25NO4. The Hall–Kier alpha value is -0.650. The normalized spacial score (nSPS) is 18.4. The lowest BCUT2D eigenvalue weighted by molar-refractivity contribution is -0.151. The summed E-state index contributed by atoms with van der Waals surface area (Å²) in [5, 5.41) is 3.28. The summed E-state index contributed by atoms with van der Waals surface area (Å²) < 4.78 is 15.7. The summed E-state index contributed by atoms with van der Waals surface area (Å²) in [5.41, 5.74) is -0.749. The highest BCUT2D eigenvalue weighted by Crippen LogP contribution is 2.23. The van der Waals surface area contributed by atoms with Crippen molar-refractivity contribution < 1.29 is 19.0 Å². The third-order valence-corrected chi connectivity index (χ3v) is 2.85. The van der Waals surface area contributed by atoms with Crippen LogP contribution in [-0.4, -0.2) is 51.1 Å². The van der Waals surface area contributed by atoms with Gasteiger partial charge in [0.1, 0.15) is 5.54 Å². The standard InChI is InChI=1S/C13H25NO4/c1-4-7-17-8-9-18-10-13(2,12(15)16-3)14-11-5-6-11/h11,14H,4-10H2,1-3H3. The van der Waals surface area contributed by atoms with Crippen molar-refractivity contribution >= 4 is 5.97 Å². The molecule has 0 bridgehead atoms. The van der Waals surface area contributed by atoms with Crippen LogP contribution in [0.1, 0.15) is 33.1 Å². The van der Waals surface area contributed by atoms with Gasteiger partial charge in [-0.3, -0.25) is 5.32 Å². The van der Waals surface area contributed by atoms with Crippen molar-refractivity contribution in [3.8, 4) is 0 Å². The lowest BCUT2D eigenvalue weighted by atomic mass is 10.0. The third-order valence-electron chi connectivity index (χ3n) is 2.85. The second-order valence-electron chi connectivity index (χ2n) is 4.91. The Bertz CT molecular complexity index is 255. The van der Waals surface area contributed by atoms with Crippen molar-refractivity contribution in [2.24, 2.45) is 0 Å². The minimum atomic E-state index is -0.749. The zero-order valence-corrected chi connectivity index (χ0v) is 11.7. The Labute approximate surface area is 109 Å². The molecule has 18 heavy (non-hydrogen) atoms. The monoisotopic (exact) mass is 259 g/mol. The van der Waals surface area contributed by atoms with Crippen LogP contribution < -0.4 is 5.32 Å². The third kappa shape index (κ3) is 5.33. The van der Waals surface area contributed by atoms with Crippen LogP contribution in [0, 0.1) is 0 Å². The van der Waals surface area contributed by atoms with E-state index in [0.29, 0.717) is 25.9 Å². The van der Waals surface area contributed by atoms with E-state index >= 15 is 0 Å². The molecule has 0 amide bonds. The molecule has 0 aromatic rings. The summed E-state index contributed by atoms with van der Waals surface area (Å²) in [6, 6.07) is 0.425. The highest BCUT2D eigenvalue weighted by atomic mass is 16.5. The topological polar surface area (TPSA) is 56.8 Å². The molecule has 0 aromatic carbocycles. The molecule has 1 atom stereocenters. The number of hydrogen-bond acceptors (Lipinski definition) is 5. The summed E-state index contributed by atoms with van der Waals surface area (Å²) >= 11 is 0. The van der Waals surface area contributed by atoms with E-state index in [1.54, 1.807) is 0 Å². The molecular weight excluding hydrogens is 234 g/mol. The Morgan fingerprint density at radius 2 is 1.94 bits per heavy atom. The molecule has 106 valence electrons. The maximum atomic E-state index is 11.8. The molecule has 5 nitrogen and oxygen atoms in total. The zero-order valence-electron chi connectivity index (χ0n) is 11.7. The Balaban J connectivity index is 2.25. The number of methoxy groups -OCH3 is 1. The van der Waals surface area contributed by atoms with Crippen molar-refractivity contribution in [3.63, 3.8) is 0 Å². The van der Waals surface area contributed by atoms with E-state index in [2.05, 4.69) is 12.2 Å². The second kappa shape index (κ2) is 7.71. The largest absolute Gasteiger partial charge is 0.468 e. The van der Waals surface area contributed by atoms with Crippen LogP contribution >= 0.6 is 0 Å². The minimum Gasteiger partial charge on any atom is -0.468 e. The first kappa shape index (κ1) is 15.4. The molecule has 0 spiro atoms. The number of nitrogens with one attached hydrogen (secondary N) is 1. The van der Waals surface area contributed by atoms with Crippen LogP contribution in [0.25, 0.3) is 0 Å². The minimum absolute atomic E-state index is 0.274. The van der Waals surface area contributed by atoms with E-state index in [-0.39, 0.29) is 5.97 Å². The smallest absolute Gasteiger partial charge is 0.328 e. The molecule has 1 fully saturated rings. The van der Waals surface area contributed by atoms with E-state index in [0.717, 1.165) is 25.9 Å². The quantitative estimate of drug-likeness (QED) is 0.470. The summed E-state index contributed by atoms with van der Waals surface area (Å²) in [5.74, 6) is -0.274. The van der Waals surface area contributed by atoms with E-state index < -0.39 is 5.54 Å². The van der Waals surface area contributed by atoms with Gasteiger partial charge in [0.2, 0.25) is 0 Å². The van der Waals surface area contributed by atoms with Crippen molar-refractivity contribution in [1.82, 2.24) is 5.32 Å². The fourth-order valence-corrected chi connectivity index (χ4v) is 1.70. The maximum Gasteiger partial charge on any atom is 0.328 e. The summed E-state index contributed by atoms with van der Waals surface area (Å²) in [4.78, 5) is 11.8. The average Bonchev–Trinajstić information content (AvgIpc) is 3.16. The molecule has 0 aromatic heterocycles. The fraction of sp³-hybridized carbons (Fsp3) is 0.923. The van der Waals surface area contributed by atoms with Gasteiger partial charge in [0, 0.05) is 12.6 Å². The van der Waals surface area contributed by atoms with Gasteiger partial charge in [-0.15, -0.1) is 0 Å². The molecule has 1 unspecified atom stereocenters. The first-order valence-electron chi connectivity index (χ1n) is 6.64. The molecule has 1 aliphatic carbocycles. The van der Waals surface area contributed by atoms with Gasteiger partial charge in [0.05, 0.1) is 26.9 Å². The van der Waals surface area contributed by atoms with Gasteiger partial charge in [-0.1, -0.05) is 6.92 Å². The van der Waals surface area contributed by atoms with Crippen molar-refractivity contribution in [2.75, 3.05) is 33.5 Å². The fourth-order valence-electron chi connectivity index (χ4n) is 1.70. The molecule has 0 saturated heterocycles. The average molecular weight is 259 g/mol. The number of esters is 1. The van der Waals surface area contributed by atoms with Gasteiger partial charge in [0.15, 0.2) is 0 Å². The second-order valence-corrected chi connectivity index (χ2v) is 4.91. The van der Waals surface area contributed by atoms with Crippen LogP contribution in [0.5, 0.6) is 0 Å². The summed E-state index contributed by atoms with van der Waals surface area (Å²) in [6.45, 7) is 6.01. The van der Waals surface area contributed by atoms with Gasteiger partial charge in [-0.25, -0.2) is 4.79 Å². The molecule has 1 saturated carbocycles. The van der Waals surface area contributed by atoms with Gasteiger partial charge in [0.25, 0.3) is 0 Å². The SMILES string of the molecule is CCCOCCOCC(C)(NC1CC1)C(=O)OC. The van der Waals surface area contributed by atoms with Crippen LogP contribution in [0.4, 0.5) is 0 Å². The zero-order chi connectivity index (χ0) is 13.4. The van der Waals surface area contributed by atoms with Crippen LogP contribution in [-0.2, 0) is 19.0 Å². The first-order valence-corrected chi connectivity index (χ1v) is 6.64. The number of hydrogen-bond donors (Lipinski definition) is 1. The molecule has 1 N–H and O–H groups in total. The highest BCUT2D eigenvalue weighted by molar-refractivity contribution is 5.80. The molecule has 5 heteroatoms. The van der Waals surface area contributed by atoms with Crippen LogP contribution in [0.15, 0.2) is 0 Å². The Morgan fingerprint density at radius 1 is 1.28 bits per heavy atom. The summed E-state index contributed by atoms with van der Waals surface area (Å²) in [6.07, 6.45) is 3.24. The lowest BCUT2D eigenvalue weighted by Crippen LogP contribution is -2.54. The number of ether oxygens (including phenoxy) is 3. The lowest BCUT2D eigenvalue weighted by Gasteiger charge is -2.27. The summed E-state index contributed by atoms with van der Waals surface area (Å²) in [7, 11) is 1.40. The number of carbonyl (C=O) groups excluding carboxylic acids is 1. The molecule has 0 radical (unpaired) electrons. The number of carbonyl (C=O) groups is 1. The Kier molecular flexibility index (Phi) is 6.60. The van der Waals surface area contributed by atoms with Gasteiger partial charge in [-0.05, 0) is 26.2 Å². The molecule has 0 heterocycles. The van der Waals surface area contributed by atoms with Crippen LogP contribution in [0.3, 0.4) is 0 Å². The first-order chi connectivity index (χ1) is 8.62. The molecule has 1 rings (SSSR count). The number of rotatable bonds is 10. The molecule has 1 aliphatic rings. The van der Waals surface area contributed by atoms with E-state index in [1.807, 2.05) is 6.92 Å². The predicted molar refractivity (Wildman–Crippen MR) is 68.5 cm³/mol. The van der Waals surface area contributed by atoms with E-state index in [9.17, 15) is 4.79 Å². The van der Waals surface area contributed by atoms with Crippen molar-refractivity contribution in [2.45, 2.75) is 44.7 Å². The molecule has 0 aliphatic heterocycles. The van der Waals surface area contributed by atoms with Gasteiger partial charge < -0.3 is 14.2 Å². The Morgan fingerprint density at radius 3 is 2.50 bits per heavy atom. The van der Waals surface area contributed by atoms with Crippen molar-refractivity contribution in [3.05, 3.63) is 0 Å². The maximum absolute atomic E-state index is 11.8. The van der Waals surface area contributed by atoms with E-state index in [4.69, 9.17) is 14.2 Å². The van der Waals surface area contributed by atoms with E-state index in [1.165, 1.54) is 7.11 Å².